The van der Waals surface area contributed by atoms with Crippen molar-refractivity contribution in [2.75, 3.05) is 13.2 Å². The molecule has 0 amide bonds. The minimum absolute atomic E-state index is 0.0133. The van der Waals surface area contributed by atoms with Crippen molar-refractivity contribution < 1.29 is 19.1 Å². The molecule has 0 aliphatic rings. The van der Waals surface area contributed by atoms with Gasteiger partial charge >= 0.3 is 11.9 Å². The molecule has 0 aliphatic carbocycles. The van der Waals surface area contributed by atoms with Crippen LogP contribution in [0.2, 0.25) is 0 Å². The third-order valence-electron chi connectivity index (χ3n) is 1.28. The van der Waals surface area contributed by atoms with Gasteiger partial charge in [0, 0.05) is 5.57 Å². The molecule has 0 unspecified atom stereocenters. The van der Waals surface area contributed by atoms with Gasteiger partial charge in [-0.2, -0.15) is 0 Å². The van der Waals surface area contributed by atoms with E-state index in [9.17, 15) is 9.59 Å². The summed E-state index contributed by atoms with van der Waals surface area (Å²) in [7, 11) is 0. The summed E-state index contributed by atoms with van der Waals surface area (Å²) in [5, 5.41) is 0. The highest BCUT2D eigenvalue weighted by Crippen LogP contribution is 1.92. The zero-order valence-electron chi connectivity index (χ0n) is 8.41. The maximum Gasteiger partial charge on any atom is 0.333 e. The van der Waals surface area contributed by atoms with E-state index >= 15 is 0 Å². The van der Waals surface area contributed by atoms with Crippen molar-refractivity contribution in [1.29, 1.82) is 0 Å². The van der Waals surface area contributed by atoms with Gasteiger partial charge in [0.1, 0.15) is 19.3 Å². The molecule has 0 aliphatic heterocycles. The summed E-state index contributed by atoms with van der Waals surface area (Å²) in [5.74, 6) is -1.02. The molecule has 14 heavy (non-hydrogen) atoms. The van der Waals surface area contributed by atoms with Crippen LogP contribution in [0, 0.1) is 0 Å². The van der Waals surface area contributed by atoms with E-state index in [4.69, 9.17) is 5.73 Å². The molecule has 0 aromatic heterocycles. The lowest BCUT2D eigenvalue weighted by molar-refractivity contribution is -0.150. The van der Waals surface area contributed by atoms with Crippen LogP contribution in [-0.4, -0.2) is 31.2 Å². The fourth-order valence-electron chi connectivity index (χ4n) is 0.531. The molecule has 5 nitrogen and oxygen atoms in total. The Bertz CT molecular complexity index is 235. The largest absolute Gasteiger partial charge is 0.461 e. The summed E-state index contributed by atoms with van der Waals surface area (Å²) >= 11 is 0. The average molecular weight is 201 g/mol. The number of hydrogen-bond donors (Lipinski definition) is 1. The van der Waals surface area contributed by atoms with Crippen molar-refractivity contribution in [2.45, 2.75) is 19.9 Å². The first-order chi connectivity index (χ1) is 6.45. The fourth-order valence-corrected chi connectivity index (χ4v) is 0.531. The Labute approximate surface area is 82.9 Å². The SMILES string of the molecule is C=C(C)C(=O)OCCOC(=O)[C@H](C)N. The number of esters is 2. The maximum atomic E-state index is 10.8. The van der Waals surface area contributed by atoms with Crippen LogP contribution in [-0.2, 0) is 19.1 Å². The molecule has 0 aromatic carbocycles. The van der Waals surface area contributed by atoms with Gasteiger partial charge in [0.05, 0.1) is 0 Å². The third kappa shape index (κ3) is 5.31. The second-order valence-corrected chi connectivity index (χ2v) is 2.87. The first-order valence-electron chi connectivity index (χ1n) is 4.20. The van der Waals surface area contributed by atoms with Crippen LogP contribution in [0.5, 0.6) is 0 Å². The van der Waals surface area contributed by atoms with Crippen LogP contribution in [0.15, 0.2) is 12.2 Å². The summed E-state index contributed by atoms with van der Waals surface area (Å²) in [5.41, 5.74) is 5.54. The zero-order valence-corrected chi connectivity index (χ0v) is 8.41. The highest BCUT2D eigenvalue weighted by molar-refractivity contribution is 5.86. The lowest BCUT2D eigenvalue weighted by Gasteiger charge is -2.07. The number of rotatable bonds is 5. The minimum Gasteiger partial charge on any atom is -0.461 e. The molecule has 5 heteroatoms. The number of carbonyl (C=O) groups is 2. The molecule has 0 heterocycles. The Kier molecular flexibility index (Phi) is 5.55. The first kappa shape index (κ1) is 12.6. The molecular weight excluding hydrogens is 186 g/mol. The van der Waals surface area contributed by atoms with E-state index in [1.165, 1.54) is 13.8 Å². The monoisotopic (exact) mass is 201 g/mol. The average Bonchev–Trinajstić information content (AvgIpc) is 2.11. The van der Waals surface area contributed by atoms with Gasteiger partial charge in [0.15, 0.2) is 0 Å². The van der Waals surface area contributed by atoms with E-state index in [1.807, 2.05) is 0 Å². The Hall–Kier alpha value is -1.36. The molecule has 0 bridgehead atoms. The molecular formula is C9H15NO4. The van der Waals surface area contributed by atoms with Gasteiger partial charge in [-0.15, -0.1) is 0 Å². The topological polar surface area (TPSA) is 78.6 Å². The van der Waals surface area contributed by atoms with E-state index in [2.05, 4.69) is 16.1 Å². The van der Waals surface area contributed by atoms with Gasteiger partial charge in [0.25, 0.3) is 0 Å². The van der Waals surface area contributed by atoms with Crippen LogP contribution in [0.1, 0.15) is 13.8 Å². The van der Waals surface area contributed by atoms with Crippen LogP contribution in [0.3, 0.4) is 0 Å². The molecule has 80 valence electrons. The van der Waals surface area contributed by atoms with E-state index in [-0.39, 0.29) is 13.2 Å². The quantitative estimate of drug-likeness (QED) is 0.384. The van der Waals surface area contributed by atoms with Crippen molar-refractivity contribution >= 4 is 11.9 Å². The van der Waals surface area contributed by atoms with Gasteiger partial charge in [-0.05, 0) is 13.8 Å². The highest BCUT2D eigenvalue weighted by atomic mass is 16.6. The minimum atomic E-state index is -0.660. The predicted molar refractivity (Wildman–Crippen MR) is 50.4 cm³/mol. The Balaban J connectivity index is 3.52. The van der Waals surface area contributed by atoms with Crippen molar-refractivity contribution in [3.63, 3.8) is 0 Å². The Morgan fingerprint density at radius 1 is 1.36 bits per heavy atom. The summed E-state index contributed by atoms with van der Waals surface area (Å²) in [6.07, 6.45) is 0. The van der Waals surface area contributed by atoms with Gasteiger partial charge < -0.3 is 15.2 Å². The summed E-state index contributed by atoms with van der Waals surface area (Å²) in [6.45, 7) is 6.48. The second kappa shape index (κ2) is 6.15. The Morgan fingerprint density at radius 2 is 1.86 bits per heavy atom. The van der Waals surface area contributed by atoms with E-state index < -0.39 is 18.0 Å². The molecule has 0 saturated carbocycles. The van der Waals surface area contributed by atoms with E-state index in [0.29, 0.717) is 5.57 Å². The van der Waals surface area contributed by atoms with Crippen LogP contribution >= 0.6 is 0 Å². The summed E-state index contributed by atoms with van der Waals surface area (Å²) in [4.78, 5) is 21.7. The molecule has 1 atom stereocenters. The molecule has 2 N–H and O–H groups in total. The van der Waals surface area contributed by atoms with Crippen LogP contribution in [0.25, 0.3) is 0 Å². The molecule has 0 radical (unpaired) electrons. The van der Waals surface area contributed by atoms with Gasteiger partial charge in [-0.3, -0.25) is 4.79 Å². The molecule has 0 aromatic rings. The molecule has 0 rings (SSSR count). The number of nitrogens with two attached hydrogens (primary N) is 1. The van der Waals surface area contributed by atoms with Crippen molar-refractivity contribution in [3.8, 4) is 0 Å². The normalized spacial score (nSPS) is 11.6. The number of ether oxygens (including phenoxy) is 2. The molecule has 0 spiro atoms. The molecule has 0 fully saturated rings. The maximum absolute atomic E-state index is 10.8. The van der Waals surface area contributed by atoms with Gasteiger partial charge in [-0.25, -0.2) is 4.79 Å². The summed E-state index contributed by atoms with van der Waals surface area (Å²) in [6, 6.07) is -0.660. The molecule has 0 saturated heterocycles. The Morgan fingerprint density at radius 3 is 2.29 bits per heavy atom. The third-order valence-corrected chi connectivity index (χ3v) is 1.28. The lowest BCUT2D eigenvalue weighted by atomic mass is 10.4. The zero-order chi connectivity index (χ0) is 11.1. The van der Waals surface area contributed by atoms with Crippen LogP contribution in [0.4, 0.5) is 0 Å². The van der Waals surface area contributed by atoms with E-state index in [1.54, 1.807) is 0 Å². The predicted octanol–water partition coefficient (Wildman–Crippen LogP) is -0.00390. The van der Waals surface area contributed by atoms with E-state index in [0.717, 1.165) is 0 Å². The second-order valence-electron chi connectivity index (χ2n) is 2.87. The standard InChI is InChI=1S/C9H15NO4/c1-6(2)8(11)13-4-5-14-9(12)7(3)10/h7H,1,4-5,10H2,2-3H3/t7-/m0/s1. The number of carbonyl (C=O) groups excluding carboxylic acids is 2. The smallest absolute Gasteiger partial charge is 0.333 e. The van der Waals surface area contributed by atoms with Crippen LogP contribution < -0.4 is 5.73 Å². The van der Waals surface area contributed by atoms with Gasteiger partial charge in [0.2, 0.25) is 0 Å². The van der Waals surface area contributed by atoms with Crippen molar-refractivity contribution in [1.82, 2.24) is 0 Å². The number of hydrogen-bond acceptors (Lipinski definition) is 5. The first-order valence-corrected chi connectivity index (χ1v) is 4.20. The lowest BCUT2D eigenvalue weighted by Crippen LogP contribution is -2.29. The van der Waals surface area contributed by atoms with Gasteiger partial charge in [-0.1, -0.05) is 6.58 Å². The fraction of sp³-hybridized carbons (Fsp3) is 0.556. The van der Waals surface area contributed by atoms with Crippen molar-refractivity contribution in [2.24, 2.45) is 5.73 Å². The highest BCUT2D eigenvalue weighted by Gasteiger charge is 2.08. The van der Waals surface area contributed by atoms with Crippen molar-refractivity contribution in [3.05, 3.63) is 12.2 Å². The summed E-state index contributed by atoms with van der Waals surface area (Å²) < 4.78 is 9.34.